The van der Waals surface area contributed by atoms with E-state index in [4.69, 9.17) is 10.5 Å². The molecule has 2 aromatic heterocycles. The van der Waals surface area contributed by atoms with Crippen molar-refractivity contribution >= 4 is 56.4 Å². The van der Waals surface area contributed by atoms with Crippen molar-refractivity contribution in [1.82, 2.24) is 10.2 Å². The zero-order valence-electron chi connectivity index (χ0n) is 15.2. The van der Waals surface area contributed by atoms with E-state index >= 15 is 0 Å². The van der Waals surface area contributed by atoms with Gasteiger partial charge in [0.2, 0.25) is 11.0 Å². The number of carbonyl (C=O) groups is 2. The van der Waals surface area contributed by atoms with Crippen molar-refractivity contribution in [2.24, 2.45) is 0 Å². The zero-order chi connectivity index (χ0) is 20.1. The SMILES string of the molecule is CCOC(=O)c1c(NC(=O)CSc2nnc(N)s2)sc(-c2ccccc2)c1C. The van der Waals surface area contributed by atoms with Gasteiger partial charge in [-0.1, -0.05) is 53.4 Å². The highest BCUT2D eigenvalue weighted by Gasteiger charge is 2.24. The Kier molecular flexibility index (Phi) is 6.65. The van der Waals surface area contributed by atoms with Gasteiger partial charge in [-0.25, -0.2) is 4.79 Å². The summed E-state index contributed by atoms with van der Waals surface area (Å²) in [6.07, 6.45) is 0. The Bertz CT molecular complexity index is 985. The third kappa shape index (κ3) is 4.70. The van der Waals surface area contributed by atoms with Gasteiger partial charge in [-0.05, 0) is 25.0 Å². The minimum absolute atomic E-state index is 0.133. The number of nitrogen functional groups attached to an aromatic ring is 1. The summed E-state index contributed by atoms with van der Waals surface area (Å²) in [4.78, 5) is 25.8. The van der Waals surface area contributed by atoms with E-state index in [2.05, 4.69) is 15.5 Å². The number of benzene rings is 1. The Morgan fingerprint density at radius 2 is 1.96 bits per heavy atom. The standard InChI is InChI=1S/C18H18N4O3S3/c1-3-25-16(24)13-10(2)14(11-7-5-4-6-8-11)27-15(13)20-12(23)9-26-18-22-21-17(19)28-18/h4-8H,3,9H2,1-2H3,(H2,19,21)(H,20,23). The van der Waals surface area contributed by atoms with E-state index in [0.29, 0.717) is 20.0 Å². The van der Waals surface area contributed by atoms with E-state index in [1.807, 2.05) is 37.3 Å². The molecule has 0 bridgehead atoms. The maximum atomic E-state index is 12.5. The molecule has 7 nitrogen and oxygen atoms in total. The van der Waals surface area contributed by atoms with Crippen molar-refractivity contribution in [2.45, 2.75) is 18.2 Å². The number of hydrogen-bond acceptors (Lipinski definition) is 9. The molecule has 0 atom stereocenters. The maximum absolute atomic E-state index is 12.5. The summed E-state index contributed by atoms with van der Waals surface area (Å²) in [6.45, 7) is 3.87. The van der Waals surface area contributed by atoms with Gasteiger partial charge in [-0.15, -0.1) is 21.5 Å². The smallest absolute Gasteiger partial charge is 0.341 e. The predicted octanol–water partition coefficient (Wildman–Crippen LogP) is 4.06. The number of amides is 1. The molecular weight excluding hydrogens is 416 g/mol. The first kappa shape index (κ1) is 20.3. The van der Waals surface area contributed by atoms with Gasteiger partial charge in [-0.2, -0.15) is 0 Å². The van der Waals surface area contributed by atoms with Gasteiger partial charge in [0, 0.05) is 4.88 Å². The van der Waals surface area contributed by atoms with Gasteiger partial charge in [0.15, 0.2) is 4.34 Å². The molecule has 3 aromatic rings. The molecule has 0 saturated heterocycles. The van der Waals surface area contributed by atoms with Gasteiger partial charge < -0.3 is 15.8 Å². The van der Waals surface area contributed by atoms with Crippen molar-refractivity contribution in [3.63, 3.8) is 0 Å². The highest BCUT2D eigenvalue weighted by atomic mass is 32.2. The summed E-state index contributed by atoms with van der Waals surface area (Å²) in [5.41, 5.74) is 7.71. The summed E-state index contributed by atoms with van der Waals surface area (Å²) in [6, 6.07) is 9.73. The number of nitrogens with two attached hydrogens (primary N) is 1. The van der Waals surface area contributed by atoms with Crippen LogP contribution in [0.15, 0.2) is 34.7 Å². The Morgan fingerprint density at radius 1 is 1.21 bits per heavy atom. The molecule has 3 rings (SSSR count). The van der Waals surface area contributed by atoms with Crippen molar-refractivity contribution in [2.75, 3.05) is 23.4 Å². The van der Waals surface area contributed by atoms with Crippen LogP contribution in [0.5, 0.6) is 0 Å². The Morgan fingerprint density at radius 3 is 2.61 bits per heavy atom. The summed E-state index contributed by atoms with van der Waals surface area (Å²) < 4.78 is 5.81. The molecule has 1 aromatic carbocycles. The molecule has 0 fully saturated rings. The number of carbonyl (C=O) groups excluding carboxylic acids is 2. The van der Waals surface area contributed by atoms with Gasteiger partial charge in [0.05, 0.1) is 17.9 Å². The molecule has 146 valence electrons. The topological polar surface area (TPSA) is 107 Å². The van der Waals surface area contributed by atoms with E-state index in [9.17, 15) is 9.59 Å². The van der Waals surface area contributed by atoms with Gasteiger partial charge in [0.1, 0.15) is 5.00 Å². The van der Waals surface area contributed by atoms with Crippen LogP contribution in [0.2, 0.25) is 0 Å². The predicted molar refractivity (Wildman–Crippen MR) is 114 cm³/mol. The summed E-state index contributed by atoms with van der Waals surface area (Å²) >= 11 is 3.82. The second-order valence-corrected chi connectivity index (χ2v) is 8.84. The summed E-state index contributed by atoms with van der Waals surface area (Å²) in [5.74, 6) is -0.558. The Balaban J connectivity index is 1.83. The molecule has 1 amide bonds. The summed E-state index contributed by atoms with van der Waals surface area (Å²) in [5, 5.41) is 11.3. The minimum atomic E-state index is -0.446. The molecule has 28 heavy (non-hydrogen) atoms. The van der Waals surface area contributed by atoms with Crippen molar-refractivity contribution < 1.29 is 14.3 Å². The maximum Gasteiger partial charge on any atom is 0.341 e. The molecule has 0 unspecified atom stereocenters. The summed E-state index contributed by atoms with van der Waals surface area (Å²) in [7, 11) is 0. The number of thioether (sulfide) groups is 1. The van der Waals surface area contributed by atoms with Crippen molar-refractivity contribution in [3.05, 3.63) is 41.5 Å². The van der Waals surface area contributed by atoms with E-state index in [1.165, 1.54) is 34.4 Å². The van der Waals surface area contributed by atoms with Gasteiger partial charge in [-0.3, -0.25) is 4.79 Å². The molecular formula is C18H18N4O3S3. The quantitative estimate of drug-likeness (QED) is 0.426. The number of esters is 1. The molecule has 0 saturated carbocycles. The normalized spacial score (nSPS) is 10.6. The van der Waals surface area contributed by atoms with Crippen LogP contribution < -0.4 is 11.1 Å². The first-order chi connectivity index (χ1) is 13.5. The number of ether oxygens (including phenoxy) is 1. The molecule has 0 aliphatic carbocycles. The fourth-order valence-electron chi connectivity index (χ4n) is 2.48. The second-order valence-electron chi connectivity index (χ2n) is 5.59. The number of aromatic nitrogens is 2. The van der Waals surface area contributed by atoms with E-state index in [0.717, 1.165) is 16.0 Å². The third-order valence-electron chi connectivity index (χ3n) is 3.66. The number of anilines is 2. The second kappa shape index (κ2) is 9.18. The lowest BCUT2D eigenvalue weighted by Crippen LogP contribution is -2.16. The number of rotatable bonds is 7. The van der Waals surface area contributed by atoms with Crippen LogP contribution in [0, 0.1) is 6.92 Å². The number of nitrogens with one attached hydrogen (secondary N) is 1. The third-order valence-corrected chi connectivity index (χ3v) is 6.81. The lowest BCUT2D eigenvalue weighted by molar-refractivity contribution is -0.113. The first-order valence-corrected chi connectivity index (χ1v) is 11.0. The monoisotopic (exact) mass is 434 g/mol. The highest BCUT2D eigenvalue weighted by molar-refractivity contribution is 8.01. The van der Waals surface area contributed by atoms with Crippen LogP contribution in [0.25, 0.3) is 10.4 Å². The van der Waals surface area contributed by atoms with Crippen molar-refractivity contribution in [3.8, 4) is 10.4 Å². The molecule has 0 aliphatic heterocycles. The fraction of sp³-hybridized carbons (Fsp3) is 0.222. The number of nitrogens with zero attached hydrogens (tertiary/aromatic N) is 2. The first-order valence-electron chi connectivity index (χ1n) is 8.37. The van der Waals surface area contributed by atoms with E-state index in [1.54, 1.807) is 6.92 Å². The van der Waals surface area contributed by atoms with E-state index in [-0.39, 0.29) is 18.3 Å². The fourth-order valence-corrected chi connectivity index (χ4v) is 5.14. The molecule has 2 heterocycles. The van der Waals surface area contributed by atoms with Crippen LogP contribution in [-0.4, -0.2) is 34.4 Å². The minimum Gasteiger partial charge on any atom is -0.462 e. The molecule has 0 spiro atoms. The lowest BCUT2D eigenvalue weighted by Gasteiger charge is -2.06. The average molecular weight is 435 g/mol. The van der Waals surface area contributed by atoms with Gasteiger partial charge >= 0.3 is 5.97 Å². The molecule has 3 N–H and O–H groups in total. The zero-order valence-corrected chi connectivity index (χ0v) is 17.7. The Hall–Kier alpha value is -2.43. The van der Waals surface area contributed by atoms with E-state index < -0.39 is 5.97 Å². The largest absolute Gasteiger partial charge is 0.462 e. The molecule has 10 heteroatoms. The van der Waals surface area contributed by atoms with Crippen molar-refractivity contribution in [1.29, 1.82) is 0 Å². The number of thiophene rings is 1. The highest BCUT2D eigenvalue weighted by Crippen LogP contribution is 2.40. The average Bonchev–Trinajstić information content (AvgIpc) is 3.24. The van der Waals surface area contributed by atoms with Crippen LogP contribution in [0.1, 0.15) is 22.8 Å². The van der Waals surface area contributed by atoms with Crippen LogP contribution in [0.3, 0.4) is 0 Å². The van der Waals surface area contributed by atoms with Gasteiger partial charge in [0.25, 0.3) is 0 Å². The molecule has 0 aliphatic rings. The Labute approximate surface area is 174 Å². The lowest BCUT2D eigenvalue weighted by atomic mass is 10.1. The van der Waals surface area contributed by atoms with Crippen LogP contribution in [-0.2, 0) is 9.53 Å². The van der Waals surface area contributed by atoms with Crippen LogP contribution in [0.4, 0.5) is 10.1 Å². The molecule has 0 radical (unpaired) electrons. The van der Waals surface area contributed by atoms with Crippen LogP contribution >= 0.6 is 34.4 Å². The number of hydrogen-bond donors (Lipinski definition) is 2.